The lowest BCUT2D eigenvalue weighted by molar-refractivity contribution is -0.137. The third-order valence-electron chi connectivity index (χ3n) is 0.570. The molecule has 0 saturated carbocycles. The Morgan fingerprint density at radius 3 is 2.60 bits per heavy atom. The number of allylic oxidation sites excluding steroid dienone is 1. The molecule has 0 aliphatic heterocycles. The van der Waals surface area contributed by atoms with Crippen LogP contribution in [0.4, 0.5) is 0 Å². The SMILES string of the molecule is C=C/C=N/NC(=O)C(N)=O. The highest BCUT2D eigenvalue weighted by atomic mass is 16.2. The van der Waals surface area contributed by atoms with Crippen LogP contribution in [0.1, 0.15) is 0 Å². The fourth-order valence-electron chi connectivity index (χ4n) is 0.204. The van der Waals surface area contributed by atoms with Gasteiger partial charge in [-0.05, 0) is 6.08 Å². The molecule has 10 heavy (non-hydrogen) atoms. The summed E-state index contributed by atoms with van der Waals surface area (Å²) < 4.78 is 0. The van der Waals surface area contributed by atoms with Gasteiger partial charge in [0, 0.05) is 6.21 Å². The van der Waals surface area contributed by atoms with Crippen molar-refractivity contribution in [1.29, 1.82) is 0 Å². The van der Waals surface area contributed by atoms with E-state index in [0.29, 0.717) is 0 Å². The number of amides is 2. The normalized spacial score (nSPS) is 9.20. The third kappa shape index (κ3) is 3.36. The molecule has 0 fully saturated rings. The zero-order valence-corrected chi connectivity index (χ0v) is 5.20. The number of carbonyl (C=O) groups excluding carboxylic acids is 2. The average molecular weight is 141 g/mol. The lowest BCUT2D eigenvalue weighted by atomic mass is 10.6. The van der Waals surface area contributed by atoms with E-state index in [9.17, 15) is 9.59 Å². The molecule has 0 aromatic rings. The molecule has 3 N–H and O–H groups in total. The van der Waals surface area contributed by atoms with E-state index in [2.05, 4.69) is 17.4 Å². The zero-order valence-electron chi connectivity index (χ0n) is 5.20. The van der Waals surface area contributed by atoms with E-state index >= 15 is 0 Å². The summed E-state index contributed by atoms with van der Waals surface area (Å²) in [6.07, 6.45) is 2.57. The van der Waals surface area contributed by atoms with E-state index in [-0.39, 0.29) is 0 Å². The predicted octanol–water partition coefficient (Wildman–Crippen LogP) is -1.24. The molecule has 0 aliphatic carbocycles. The van der Waals surface area contributed by atoms with Crippen molar-refractivity contribution in [1.82, 2.24) is 5.43 Å². The molecular weight excluding hydrogens is 134 g/mol. The first-order chi connectivity index (χ1) is 4.68. The summed E-state index contributed by atoms with van der Waals surface area (Å²) >= 11 is 0. The van der Waals surface area contributed by atoms with Gasteiger partial charge in [0.1, 0.15) is 0 Å². The van der Waals surface area contributed by atoms with E-state index in [1.54, 1.807) is 0 Å². The maximum atomic E-state index is 10.3. The Morgan fingerprint density at radius 1 is 1.60 bits per heavy atom. The molecule has 0 spiro atoms. The van der Waals surface area contributed by atoms with E-state index in [1.807, 2.05) is 5.43 Å². The summed E-state index contributed by atoms with van der Waals surface area (Å²) in [5.41, 5.74) is 6.44. The van der Waals surface area contributed by atoms with Crippen LogP contribution < -0.4 is 11.2 Å². The second-order valence-corrected chi connectivity index (χ2v) is 1.32. The van der Waals surface area contributed by atoms with Gasteiger partial charge >= 0.3 is 11.8 Å². The Bertz CT molecular complexity index is 185. The van der Waals surface area contributed by atoms with Gasteiger partial charge in [0.15, 0.2) is 0 Å². The van der Waals surface area contributed by atoms with Crippen LogP contribution in [0.25, 0.3) is 0 Å². The monoisotopic (exact) mass is 141 g/mol. The van der Waals surface area contributed by atoms with Crippen molar-refractivity contribution in [3.05, 3.63) is 12.7 Å². The molecule has 5 nitrogen and oxygen atoms in total. The number of nitrogens with one attached hydrogen (secondary N) is 1. The lowest BCUT2D eigenvalue weighted by Crippen LogP contribution is -2.32. The Morgan fingerprint density at radius 2 is 2.20 bits per heavy atom. The first-order valence-corrected chi connectivity index (χ1v) is 2.42. The Labute approximate surface area is 57.6 Å². The fraction of sp³-hybridized carbons (Fsp3) is 0. The maximum Gasteiger partial charge on any atom is 0.329 e. The van der Waals surface area contributed by atoms with Crippen molar-refractivity contribution < 1.29 is 9.59 Å². The van der Waals surface area contributed by atoms with Gasteiger partial charge in [0.05, 0.1) is 0 Å². The first kappa shape index (κ1) is 8.35. The van der Waals surface area contributed by atoms with Crippen molar-refractivity contribution in [3.8, 4) is 0 Å². The number of hydrogen-bond acceptors (Lipinski definition) is 3. The molecule has 0 aromatic carbocycles. The van der Waals surface area contributed by atoms with Gasteiger partial charge in [-0.15, -0.1) is 0 Å². The molecule has 0 radical (unpaired) electrons. The highest BCUT2D eigenvalue weighted by Gasteiger charge is 2.04. The summed E-state index contributed by atoms with van der Waals surface area (Å²) in [6.45, 7) is 3.29. The van der Waals surface area contributed by atoms with Crippen LogP contribution in [-0.2, 0) is 9.59 Å². The zero-order chi connectivity index (χ0) is 7.98. The van der Waals surface area contributed by atoms with Gasteiger partial charge in [0.2, 0.25) is 0 Å². The second-order valence-electron chi connectivity index (χ2n) is 1.32. The van der Waals surface area contributed by atoms with Crippen molar-refractivity contribution in [2.75, 3.05) is 0 Å². The largest absolute Gasteiger partial charge is 0.361 e. The molecule has 0 bridgehead atoms. The molecule has 0 aromatic heterocycles. The van der Waals surface area contributed by atoms with Gasteiger partial charge in [-0.2, -0.15) is 5.10 Å². The number of nitrogens with two attached hydrogens (primary N) is 1. The molecule has 0 rings (SSSR count). The van der Waals surface area contributed by atoms with Gasteiger partial charge in [-0.25, -0.2) is 5.43 Å². The number of hydrogen-bond donors (Lipinski definition) is 2. The van der Waals surface area contributed by atoms with Gasteiger partial charge in [-0.3, -0.25) is 9.59 Å². The van der Waals surface area contributed by atoms with Crippen molar-refractivity contribution in [3.63, 3.8) is 0 Å². The van der Waals surface area contributed by atoms with Gasteiger partial charge in [0.25, 0.3) is 0 Å². The van der Waals surface area contributed by atoms with E-state index < -0.39 is 11.8 Å². The van der Waals surface area contributed by atoms with Crippen LogP contribution in [-0.4, -0.2) is 18.0 Å². The smallest absolute Gasteiger partial charge is 0.329 e. The van der Waals surface area contributed by atoms with E-state index in [0.717, 1.165) is 0 Å². The van der Waals surface area contributed by atoms with Crippen LogP contribution in [0.2, 0.25) is 0 Å². The highest BCUT2D eigenvalue weighted by Crippen LogP contribution is 1.62. The molecule has 54 valence electrons. The molecular formula is C5H7N3O2. The number of hydrazone groups is 1. The van der Waals surface area contributed by atoms with Crippen LogP contribution >= 0.6 is 0 Å². The van der Waals surface area contributed by atoms with Crippen LogP contribution in [0.5, 0.6) is 0 Å². The molecule has 0 heterocycles. The summed E-state index contributed by atoms with van der Waals surface area (Å²) in [7, 11) is 0. The quantitative estimate of drug-likeness (QED) is 0.286. The highest BCUT2D eigenvalue weighted by molar-refractivity contribution is 6.34. The Balaban J connectivity index is 3.70. The first-order valence-electron chi connectivity index (χ1n) is 2.42. The molecule has 0 atom stereocenters. The molecule has 0 aliphatic rings. The lowest BCUT2D eigenvalue weighted by Gasteiger charge is -1.89. The standard InChI is InChI=1S/C5H7N3O2/c1-2-3-7-8-5(10)4(6)9/h2-3H,1H2,(H2,6,9)(H,8,10)/b7-3+. The minimum atomic E-state index is -1.07. The topological polar surface area (TPSA) is 84.6 Å². The van der Waals surface area contributed by atoms with E-state index in [4.69, 9.17) is 0 Å². The van der Waals surface area contributed by atoms with Crippen LogP contribution in [0.3, 0.4) is 0 Å². The van der Waals surface area contributed by atoms with Crippen molar-refractivity contribution in [2.45, 2.75) is 0 Å². The number of nitrogens with zero attached hydrogens (tertiary/aromatic N) is 1. The number of rotatable bonds is 2. The average Bonchev–Trinajstić information content (AvgIpc) is 1.88. The fourth-order valence-corrected chi connectivity index (χ4v) is 0.204. The minimum Gasteiger partial charge on any atom is -0.361 e. The molecule has 5 heteroatoms. The summed E-state index contributed by atoms with van der Waals surface area (Å²) in [6, 6.07) is 0. The maximum absolute atomic E-state index is 10.3. The van der Waals surface area contributed by atoms with E-state index in [1.165, 1.54) is 12.3 Å². The summed E-state index contributed by atoms with van der Waals surface area (Å²) in [5.74, 6) is -2.01. The Hall–Kier alpha value is -1.65. The van der Waals surface area contributed by atoms with Gasteiger partial charge in [-0.1, -0.05) is 6.58 Å². The predicted molar refractivity (Wildman–Crippen MR) is 36.0 cm³/mol. The summed E-state index contributed by atoms with van der Waals surface area (Å²) in [4.78, 5) is 20.3. The van der Waals surface area contributed by atoms with Crippen molar-refractivity contribution >= 4 is 18.0 Å². The van der Waals surface area contributed by atoms with Crippen molar-refractivity contribution in [2.24, 2.45) is 10.8 Å². The molecule has 0 saturated heterocycles. The second kappa shape index (κ2) is 4.25. The van der Waals surface area contributed by atoms with Crippen LogP contribution in [0, 0.1) is 0 Å². The summed E-state index contributed by atoms with van der Waals surface area (Å²) in [5, 5.41) is 3.27. The third-order valence-corrected chi connectivity index (χ3v) is 0.570. The Kier molecular flexibility index (Phi) is 3.55. The minimum absolute atomic E-state index is 0.946. The molecule has 0 unspecified atom stereocenters. The number of carbonyl (C=O) groups is 2. The van der Waals surface area contributed by atoms with Gasteiger partial charge < -0.3 is 5.73 Å². The van der Waals surface area contributed by atoms with Crippen LogP contribution in [0.15, 0.2) is 17.8 Å². The number of primary amides is 1. The molecule has 2 amide bonds.